The van der Waals surface area contributed by atoms with Crippen molar-refractivity contribution in [1.82, 2.24) is 14.5 Å². The second-order valence-electron chi connectivity index (χ2n) is 4.57. The quantitative estimate of drug-likeness (QED) is 0.817. The van der Waals surface area contributed by atoms with E-state index >= 15 is 0 Å². The number of rotatable bonds is 4. The summed E-state index contributed by atoms with van der Waals surface area (Å²) in [5.74, 6) is -0.0162. The fraction of sp³-hybridized carbons (Fsp3) is 0.636. The zero-order valence-corrected chi connectivity index (χ0v) is 11.3. The van der Waals surface area contributed by atoms with Gasteiger partial charge < -0.3 is 4.90 Å². The minimum Gasteiger partial charge on any atom is -0.308 e. The molecule has 5 nitrogen and oxygen atoms in total. The fourth-order valence-electron chi connectivity index (χ4n) is 1.56. The van der Waals surface area contributed by atoms with Crippen molar-refractivity contribution < 1.29 is 0 Å². The molecule has 1 aromatic rings. The molecule has 0 spiro atoms. The van der Waals surface area contributed by atoms with Crippen molar-refractivity contribution in [1.29, 1.82) is 0 Å². The minimum atomic E-state index is -0.453. The van der Waals surface area contributed by atoms with Gasteiger partial charge in [0.05, 0.1) is 5.56 Å². The monoisotopic (exact) mass is 259 g/mol. The molecule has 0 aliphatic carbocycles. The normalized spacial score (nSPS) is 11.5. The fourth-order valence-corrected chi connectivity index (χ4v) is 1.94. The van der Waals surface area contributed by atoms with E-state index in [-0.39, 0.29) is 16.6 Å². The van der Waals surface area contributed by atoms with E-state index in [1.165, 1.54) is 4.57 Å². The molecular formula is C11H18ClN3O2. The van der Waals surface area contributed by atoms with Crippen molar-refractivity contribution >= 4 is 11.6 Å². The predicted octanol–water partition coefficient (Wildman–Crippen LogP) is 0.875. The molecule has 0 atom stereocenters. The Bertz CT molecular complexity index is 502. The smallest absolute Gasteiger partial charge is 0.308 e. The summed E-state index contributed by atoms with van der Waals surface area (Å²) in [7, 11) is 3.77. The molecule has 0 aromatic carbocycles. The van der Waals surface area contributed by atoms with Crippen LogP contribution in [-0.2, 0) is 6.54 Å². The van der Waals surface area contributed by atoms with Gasteiger partial charge in [-0.25, -0.2) is 4.79 Å². The number of H-pyrrole nitrogens is 1. The molecule has 96 valence electrons. The zero-order valence-electron chi connectivity index (χ0n) is 10.6. The molecule has 0 aliphatic rings. The van der Waals surface area contributed by atoms with Crippen LogP contribution >= 0.6 is 11.6 Å². The van der Waals surface area contributed by atoms with E-state index in [1.807, 2.05) is 32.8 Å². The van der Waals surface area contributed by atoms with Gasteiger partial charge >= 0.3 is 5.69 Å². The molecule has 1 heterocycles. The van der Waals surface area contributed by atoms with E-state index in [9.17, 15) is 9.59 Å². The lowest BCUT2D eigenvalue weighted by atomic mass is 10.1. The van der Waals surface area contributed by atoms with Crippen LogP contribution in [0.1, 0.15) is 25.3 Å². The second-order valence-corrected chi connectivity index (χ2v) is 4.95. The first kappa shape index (κ1) is 14.0. The summed E-state index contributed by atoms with van der Waals surface area (Å²) in [6.07, 6.45) is 0. The average Bonchev–Trinajstić information content (AvgIpc) is 2.14. The van der Waals surface area contributed by atoms with Gasteiger partial charge in [-0.05, 0) is 20.0 Å². The second kappa shape index (κ2) is 5.51. The number of aromatic amines is 1. The maximum Gasteiger partial charge on any atom is 0.329 e. The molecule has 1 N–H and O–H groups in total. The van der Waals surface area contributed by atoms with Crippen molar-refractivity contribution in [2.24, 2.45) is 0 Å². The Hall–Kier alpha value is -1.07. The highest BCUT2D eigenvalue weighted by Crippen LogP contribution is 2.16. The van der Waals surface area contributed by atoms with Crippen LogP contribution in [0.2, 0.25) is 5.15 Å². The molecule has 0 saturated carbocycles. The molecule has 1 aromatic heterocycles. The van der Waals surface area contributed by atoms with Gasteiger partial charge in [0.2, 0.25) is 0 Å². The SMILES string of the molecule is CC(C)c1c(Cl)[nH]c(=O)n(CCN(C)C)c1=O. The Morgan fingerprint density at radius 3 is 2.41 bits per heavy atom. The maximum atomic E-state index is 12.1. The van der Waals surface area contributed by atoms with Crippen molar-refractivity contribution in [3.63, 3.8) is 0 Å². The molecule has 0 bridgehead atoms. The zero-order chi connectivity index (χ0) is 13.2. The Morgan fingerprint density at radius 2 is 1.94 bits per heavy atom. The number of halogens is 1. The molecule has 0 fully saturated rings. The lowest BCUT2D eigenvalue weighted by Gasteiger charge is -2.13. The van der Waals surface area contributed by atoms with E-state index in [1.54, 1.807) is 0 Å². The van der Waals surface area contributed by atoms with Crippen LogP contribution in [0.25, 0.3) is 0 Å². The van der Waals surface area contributed by atoms with Gasteiger partial charge in [0.25, 0.3) is 5.56 Å². The van der Waals surface area contributed by atoms with Gasteiger partial charge in [0.15, 0.2) is 0 Å². The average molecular weight is 260 g/mol. The lowest BCUT2D eigenvalue weighted by Crippen LogP contribution is -2.40. The van der Waals surface area contributed by atoms with E-state index in [0.29, 0.717) is 18.7 Å². The predicted molar refractivity (Wildman–Crippen MR) is 69.0 cm³/mol. The number of nitrogens with one attached hydrogen (secondary N) is 1. The summed E-state index contributed by atoms with van der Waals surface area (Å²) < 4.78 is 1.20. The number of aromatic nitrogens is 2. The highest BCUT2D eigenvalue weighted by Gasteiger charge is 2.15. The number of hydrogen-bond acceptors (Lipinski definition) is 3. The maximum absolute atomic E-state index is 12.1. The first-order valence-corrected chi connectivity index (χ1v) is 5.89. The third kappa shape index (κ3) is 3.20. The van der Waals surface area contributed by atoms with Crippen LogP contribution in [0.5, 0.6) is 0 Å². The third-order valence-corrected chi connectivity index (χ3v) is 2.82. The van der Waals surface area contributed by atoms with Gasteiger partial charge in [-0.3, -0.25) is 14.3 Å². The standard InChI is InChI=1S/C11H18ClN3O2/c1-7(2)8-9(12)13-11(17)15(10(8)16)6-5-14(3)4/h7H,5-6H2,1-4H3,(H,13,17). The first-order chi connectivity index (χ1) is 7.84. The molecule has 0 saturated heterocycles. The molecule has 0 amide bonds. The van der Waals surface area contributed by atoms with Crippen molar-refractivity contribution in [2.75, 3.05) is 20.6 Å². The molecular weight excluding hydrogens is 242 g/mol. The van der Waals surface area contributed by atoms with Crippen LogP contribution in [0.4, 0.5) is 0 Å². The third-order valence-electron chi connectivity index (χ3n) is 2.52. The van der Waals surface area contributed by atoms with E-state index in [2.05, 4.69) is 4.98 Å². The lowest BCUT2D eigenvalue weighted by molar-refractivity contribution is 0.375. The number of likely N-dealkylation sites (N-methyl/N-ethyl adjacent to an activating group) is 1. The molecule has 17 heavy (non-hydrogen) atoms. The van der Waals surface area contributed by atoms with Crippen molar-refractivity contribution in [3.05, 3.63) is 31.6 Å². The van der Waals surface area contributed by atoms with Crippen LogP contribution in [0.15, 0.2) is 9.59 Å². The molecule has 1 rings (SSSR count). The van der Waals surface area contributed by atoms with Gasteiger partial charge in [0.1, 0.15) is 5.15 Å². The van der Waals surface area contributed by atoms with Crippen LogP contribution in [0, 0.1) is 0 Å². The van der Waals surface area contributed by atoms with Gasteiger partial charge in [-0.15, -0.1) is 0 Å². The summed E-state index contributed by atoms with van der Waals surface area (Å²) in [5, 5.41) is 0.149. The first-order valence-electron chi connectivity index (χ1n) is 5.51. The van der Waals surface area contributed by atoms with Gasteiger partial charge in [-0.2, -0.15) is 0 Å². The van der Waals surface area contributed by atoms with E-state index in [4.69, 9.17) is 11.6 Å². The summed E-state index contributed by atoms with van der Waals surface area (Å²) >= 11 is 5.89. The molecule has 6 heteroatoms. The number of hydrogen-bond donors (Lipinski definition) is 1. The molecule has 0 aliphatic heterocycles. The van der Waals surface area contributed by atoms with Crippen LogP contribution < -0.4 is 11.2 Å². The highest BCUT2D eigenvalue weighted by atomic mass is 35.5. The topological polar surface area (TPSA) is 58.1 Å². The van der Waals surface area contributed by atoms with Crippen LogP contribution in [0.3, 0.4) is 0 Å². The minimum absolute atomic E-state index is 0.0162. The summed E-state index contributed by atoms with van der Waals surface area (Å²) in [6, 6.07) is 0. The number of nitrogens with zero attached hydrogens (tertiary/aromatic N) is 2. The summed E-state index contributed by atoms with van der Waals surface area (Å²) in [6.45, 7) is 4.73. The summed E-state index contributed by atoms with van der Waals surface area (Å²) in [5.41, 5.74) is -0.285. The summed E-state index contributed by atoms with van der Waals surface area (Å²) in [4.78, 5) is 28.2. The van der Waals surface area contributed by atoms with Gasteiger partial charge in [-0.1, -0.05) is 25.4 Å². The van der Waals surface area contributed by atoms with E-state index < -0.39 is 5.69 Å². The Kier molecular flexibility index (Phi) is 4.54. The van der Waals surface area contributed by atoms with E-state index in [0.717, 1.165) is 0 Å². The van der Waals surface area contributed by atoms with Crippen molar-refractivity contribution in [2.45, 2.75) is 26.3 Å². The highest BCUT2D eigenvalue weighted by molar-refractivity contribution is 6.30. The Labute approximate surface area is 105 Å². The molecule has 0 radical (unpaired) electrons. The Balaban J connectivity index is 3.27. The molecule has 0 unspecified atom stereocenters. The van der Waals surface area contributed by atoms with Crippen molar-refractivity contribution in [3.8, 4) is 0 Å². The van der Waals surface area contributed by atoms with Gasteiger partial charge in [0, 0.05) is 13.1 Å². The van der Waals surface area contributed by atoms with Crippen LogP contribution in [-0.4, -0.2) is 35.1 Å². The Morgan fingerprint density at radius 1 is 1.35 bits per heavy atom. The largest absolute Gasteiger partial charge is 0.329 e.